The third kappa shape index (κ3) is 2.90. The summed E-state index contributed by atoms with van der Waals surface area (Å²) in [7, 11) is 1.68. The molecule has 4 nitrogen and oxygen atoms in total. The fraction of sp³-hybridized carbons (Fsp3) is 0.174. The third-order valence-electron chi connectivity index (χ3n) is 5.24. The Hall–Kier alpha value is -2.98. The number of nitrogens with zero attached hydrogens (tertiary/aromatic N) is 2. The topological polar surface area (TPSA) is 34.1 Å². The van der Waals surface area contributed by atoms with Crippen LogP contribution in [0.3, 0.4) is 0 Å². The first kappa shape index (κ1) is 17.1. The standard InChI is InChI=1S/C23H19ClN2O2/c1-27-18-9-5-8-16(12-18)20-14-21-19-13-17(24)10-11-22(19)28-23(26(21)25-20)15-6-3-2-4-7-15/h2-13,21,23H,14H2,1H3/t21-,23+/m0/s1. The smallest absolute Gasteiger partial charge is 0.213 e. The SMILES string of the molecule is COc1cccc(C2=NN3[C@@H](c4ccccc4)Oc4ccc(Cl)cc4[C@@H]3C2)c1. The molecule has 5 rings (SSSR count). The quantitative estimate of drug-likeness (QED) is 0.584. The van der Waals surface area contributed by atoms with Gasteiger partial charge in [-0.1, -0.05) is 54.1 Å². The van der Waals surface area contributed by atoms with E-state index in [1.807, 2.05) is 54.6 Å². The van der Waals surface area contributed by atoms with Crippen LogP contribution in [0.1, 0.15) is 35.4 Å². The summed E-state index contributed by atoms with van der Waals surface area (Å²) < 4.78 is 11.7. The molecule has 0 fully saturated rings. The highest BCUT2D eigenvalue weighted by Gasteiger charge is 2.41. The van der Waals surface area contributed by atoms with Crippen LogP contribution in [0.4, 0.5) is 0 Å². The number of hydrogen-bond acceptors (Lipinski definition) is 4. The summed E-state index contributed by atoms with van der Waals surface area (Å²) in [5.74, 6) is 1.69. The second kappa shape index (κ2) is 6.88. The van der Waals surface area contributed by atoms with Gasteiger partial charge in [-0.05, 0) is 30.3 Å². The number of fused-ring (bicyclic) bond motifs is 3. The maximum absolute atomic E-state index is 6.35. The molecule has 0 saturated heterocycles. The van der Waals surface area contributed by atoms with E-state index in [0.29, 0.717) is 5.02 Å². The van der Waals surface area contributed by atoms with Crippen LogP contribution in [0.15, 0.2) is 77.9 Å². The van der Waals surface area contributed by atoms with Crippen molar-refractivity contribution in [2.75, 3.05) is 7.11 Å². The van der Waals surface area contributed by atoms with E-state index in [1.165, 1.54) is 0 Å². The molecule has 0 amide bonds. The molecule has 2 aliphatic heterocycles. The number of hydrogen-bond donors (Lipinski definition) is 0. The minimum atomic E-state index is -0.275. The van der Waals surface area contributed by atoms with Gasteiger partial charge in [-0.25, -0.2) is 5.01 Å². The van der Waals surface area contributed by atoms with Crippen molar-refractivity contribution in [3.63, 3.8) is 0 Å². The molecule has 2 aliphatic rings. The molecule has 3 aromatic rings. The summed E-state index contributed by atoms with van der Waals surface area (Å²) >= 11 is 6.29. The fourth-order valence-corrected chi connectivity index (χ4v) is 4.05. The Balaban J connectivity index is 1.60. The molecule has 2 atom stereocenters. The summed E-state index contributed by atoms with van der Waals surface area (Å²) in [6.07, 6.45) is 0.510. The predicted molar refractivity (Wildman–Crippen MR) is 110 cm³/mol. The maximum Gasteiger partial charge on any atom is 0.213 e. The van der Waals surface area contributed by atoms with Crippen LogP contribution in [0.5, 0.6) is 11.5 Å². The van der Waals surface area contributed by atoms with Crippen LogP contribution in [-0.2, 0) is 0 Å². The minimum absolute atomic E-state index is 0.0776. The van der Waals surface area contributed by atoms with E-state index in [4.69, 9.17) is 26.2 Å². The van der Waals surface area contributed by atoms with Gasteiger partial charge >= 0.3 is 0 Å². The van der Waals surface area contributed by atoms with Gasteiger partial charge in [0.2, 0.25) is 6.23 Å². The largest absolute Gasteiger partial charge is 0.497 e. The molecule has 0 aliphatic carbocycles. The number of benzene rings is 3. The lowest BCUT2D eigenvalue weighted by Gasteiger charge is -2.38. The lowest BCUT2D eigenvalue weighted by molar-refractivity contribution is -0.0190. The van der Waals surface area contributed by atoms with Gasteiger partial charge in [0.05, 0.1) is 18.9 Å². The molecule has 28 heavy (non-hydrogen) atoms. The van der Waals surface area contributed by atoms with E-state index in [9.17, 15) is 0 Å². The molecule has 0 N–H and O–H groups in total. The molecular formula is C23H19ClN2O2. The van der Waals surface area contributed by atoms with Gasteiger partial charge in [-0.3, -0.25) is 0 Å². The van der Waals surface area contributed by atoms with Crippen LogP contribution >= 0.6 is 11.6 Å². The van der Waals surface area contributed by atoms with Crippen LogP contribution in [0, 0.1) is 0 Å². The Morgan fingerprint density at radius 3 is 2.71 bits per heavy atom. The van der Waals surface area contributed by atoms with E-state index in [-0.39, 0.29) is 12.3 Å². The van der Waals surface area contributed by atoms with E-state index in [0.717, 1.165) is 40.3 Å². The number of hydrazone groups is 1. The number of methoxy groups -OCH3 is 1. The van der Waals surface area contributed by atoms with Crippen LogP contribution in [-0.4, -0.2) is 17.8 Å². The molecule has 2 heterocycles. The summed E-state index contributed by atoms with van der Waals surface area (Å²) in [4.78, 5) is 0. The third-order valence-corrected chi connectivity index (χ3v) is 5.47. The van der Waals surface area contributed by atoms with Crippen LogP contribution in [0.2, 0.25) is 5.02 Å². The van der Waals surface area contributed by atoms with Crippen molar-refractivity contribution in [2.45, 2.75) is 18.7 Å². The van der Waals surface area contributed by atoms with Crippen LogP contribution in [0.25, 0.3) is 0 Å². The van der Waals surface area contributed by atoms with Gasteiger partial charge in [-0.2, -0.15) is 5.10 Å². The van der Waals surface area contributed by atoms with Crippen LogP contribution < -0.4 is 9.47 Å². The number of ether oxygens (including phenoxy) is 2. The fourth-order valence-electron chi connectivity index (χ4n) is 3.87. The lowest BCUT2D eigenvalue weighted by atomic mass is 9.96. The first-order chi connectivity index (χ1) is 13.7. The number of halogens is 1. The molecule has 5 heteroatoms. The van der Waals surface area contributed by atoms with Gasteiger partial charge in [-0.15, -0.1) is 0 Å². The summed E-state index contributed by atoms with van der Waals surface area (Å²) in [6, 6.07) is 24.1. The highest BCUT2D eigenvalue weighted by molar-refractivity contribution is 6.30. The second-order valence-corrected chi connectivity index (χ2v) is 7.38. The molecule has 140 valence electrons. The zero-order valence-corrected chi connectivity index (χ0v) is 16.1. The highest BCUT2D eigenvalue weighted by atomic mass is 35.5. The van der Waals surface area contributed by atoms with Gasteiger partial charge < -0.3 is 9.47 Å². The number of rotatable bonds is 3. The van der Waals surface area contributed by atoms with Gasteiger partial charge in [0.15, 0.2) is 0 Å². The summed E-state index contributed by atoms with van der Waals surface area (Å²) in [5, 5.41) is 7.73. The van der Waals surface area contributed by atoms with Crippen molar-refractivity contribution in [1.29, 1.82) is 0 Å². The maximum atomic E-state index is 6.35. The van der Waals surface area contributed by atoms with Crippen molar-refractivity contribution in [1.82, 2.24) is 5.01 Å². The Labute approximate surface area is 169 Å². The molecular weight excluding hydrogens is 372 g/mol. The zero-order chi connectivity index (χ0) is 19.1. The average molecular weight is 391 g/mol. The van der Waals surface area contributed by atoms with Gasteiger partial charge in [0.1, 0.15) is 11.5 Å². The zero-order valence-electron chi connectivity index (χ0n) is 15.4. The Bertz CT molecular complexity index is 1050. The molecule has 0 bridgehead atoms. The monoisotopic (exact) mass is 390 g/mol. The van der Waals surface area contributed by atoms with E-state index in [1.54, 1.807) is 7.11 Å². The Kier molecular flexibility index (Phi) is 4.21. The molecule has 3 aromatic carbocycles. The molecule has 0 aromatic heterocycles. The van der Waals surface area contributed by atoms with Gasteiger partial charge in [0.25, 0.3) is 0 Å². The molecule has 0 radical (unpaired) electrons. The van der Waals surface area contributed by atoms with Crippen molar-refractivity contribution in [2.24, 2.45) is 5.10 Å². The summed E-state index contributed by atoms with van der Waals surface area (Å²) in [5.41, 5.74) is 4.22. The Morgan fingerprint density at radius 2 is 1.89 bits per heavy atom. The van der Waals surface area contributed by atoms with Gasteiger partial charge in [0, 0.05) is 28.1 Å². The molecule has 0 saturated carbocycles. The summed E-state index contributed by atoms with van der Waals surface area (Å²) in [6.45, 7) is 0. The minimum Gasteiger partial charge on any atom is -0.497 e. The lowest BCUT2D eigenvalue weighted by Crippen LogP contribution is -2.33. The van der Waals surface area contributed by atoms with E-state index in [2.05, 4.69) is 23.2 Å². The van der Waals surface area contributed by atoms with E-state index < -0.39 is 0 Å². The highest BCUT2D eigenvalue weighted by Crippen LogP contribution is 2.48. The Morgan fingerprint density at radius 1 is 1.04 bits per heavy atom. The molecule has 0 unspecified atom stereocenters. The first-order valence-electron chi connectivity index (χ1n) is 9.24. The van der Waals surface area contributed by atoms with Crippen molar-refractivity contribution >= 4 is 17.3 Å². The normalized spacial score (nSPS) is 20.1. The van der Waals surface area contributed by atoms with Crippen molar-refractivity contribution in [3.8, 4) is 11.5 Å². The second-order valence-electron chi connectivity index (χ2n) is 6.94. The molecule has 0 spiro atoms. The van der Waals surface area contributed by atoms with Crippen molar-refractivity contribution < 1.29 is 9.47 Å². The first-order valence-corrected chi connectivity index (χ1v) is 9.62. The average Bonchev–Trinajstić information content (AvgIpc) is 3.20. The van der Waals surface area contributed by atoms with Crippen molar-refractivity contribution in [3.05, 3.63) is 94.5 Å². The predicted octanol–water partition coefficient (Wildman–Crippen LogP) is 5.59. The van der Waals surface area contributed by atoms with E-state index >= 15 is 0 Å².